The summed E-state index contributed by atoms with van der Waals surface area (Å²) in [5, 5.41) is 10.5. The minimum atomic E-state index is -0.726. The molecule has 1 saturated heterocycles. The molecule has 0 bridgehead atoms. The number of carboxylic acids is 1. The normalized spacial score (nSPS) is 15.5. The molecule has 0 saturated carbocycles. The molecule has 0 aliphatic carbocycles. The van der Waals surface area contributed by atoms with Gasteiger partial charge in [-0.1, -0.05) is 11.6 Å². The number of fused-ring (bicyclic) bond motifs is 1. The van der Waals surface area contributed by atoms with Crippen molar-refractivity contribution < 1.29 is 9.90 Å². The molecule has 4 nitrogen and oxygen atoms in total. The van der Waals surface area contributed by atoms with E-state index in [4.69, 9.17) is 16.7 Å². The summed E-state index contributed by atoms with van der Waals surface area (Å²) in [6.45, 7) is 1.57. The monoisotopic (exact) mass is 276 g/mol. The van der Waals surface area contributed by atoms with Gasteiger partial charge in [-0.05, 0) is 24.3 Å². The molecule has 0 atom stereocenters. The van der Waals surface area contributed by atoms with Crippen LogP contribution in [-0.2, 0) is 4.79 Å². The minimum Gasteiger partial charge on any atom is -0.481 e. The predicted octanol–water partition coefficient (Wildman–Crippen LogP) is 2.80. The number of pyridine rings is 1. The highest BCUT2D eigenvalue weighted by molar-refractivity contribution is 6.31. The molecule has 98 valence electrons. The van der Waals surface area contributed by atoms with E-state index in [1.165, 1.54) is 0 Å². The third kappa shape index (κ3) is 2.36. The van der Waals surface area contributed by atoms with Crippen LogP contribution >= 0.6 is 11.6 Å². The molecular weight excluding hydrogens is 264 g/mol. The highest BCUT2D eigenvalue weighted by Crippen LogP contribution is 2.32. The van der Waals surface area contributed by atoms with Gasteiger partial charge in [-0.25, -0.2) is 0 Å². The Morgan fingerprint density at radius 2 is 2.21 bits per heavy atom. The zero-order valence-electron chi connectivity index (χ0n) is 10.2. The quantitative estimate of drug-likeness (QED) is 0.937. The summed E-state index contributed by atoms with van der Waals surface area (Å²) in [5.41, 5.74) is 1.97. The third-order valence-electron chi connectivity index (χ3n) is 3.44. The predicted molar refractivity (Wildman–Crippen MR) is 74.7 cm³/mol. The maximum absolute atomic E-state index is 10.7. The van der Waals surface area contributed by atoms with Crippen LogP contribution in [0.15, 0.2) is 30.5 Å². The van der Waals surface area contributed by atoms with Crippen molar-refractivity contribution in [1.82, 2.24) is 4.98 Å². The number of carboxylic acid groups (broad SMARTS) is 1. The van der Waals surface area contributed by atoms with Crippen molar-refractivity contribution in [1.29, 1.82) is 0 Å². The van der Waals surface area contributed by atoms with E-state index in [2.05, 4.69) is 9.88 Å². The largest absolute Gasteiger partial charge is 0.481 e. The first-order valence-electron chi connectivity index (χ1n) is 6.14. The number of benzene rings is 1. The minimum absolute atomic E-state index is 0.241. The second-order valence-corrected chi connectivity index (χ2v) is 5.30. The number of carbonyl (C=O) groups is 1. The summed E-state index contributed by atoms with van der Waals surface area (Å²) in [6, 6.07) is 7.62. The van der Waals surface area contributed by atoms with Crippen molar-refractivity contribution in [2.45, 2.75) is 6.42 Å². The summed E-state index contributed by atoms with van der Waals surface area (Å²) in [4.78, 5) is 17.1. The van der Waals surface area contributed by atoms with Crippen molar-refractivity contribution in [3.63, 3.8) is 0 Å². The van der Waals surface area contributed by atoms with Crippen LogP contribution in [0.25, 0.3) is 10.9 Å². The molecule has 1 fully saturated rings. The fourth-order valence-electron chi connectivity index (χ4n) is 2.52. The van der Waals surface area contributed by atoms with E-state index in [9.17, 15) is 4.79 Å². The lowest BCUT2D eigenvalue weighted by molar-refractivity contribution is -0.138. The summed E-state index contributed by atoms with van der Waals surface area (Å²) in [6.07, 6.45) is 2.00. The van der Waals surface area contributed by atoms with Gasteiger partial charge < -0.3 is 10.0 Å². The van der Waals surface area contributed by atoms with Crippen LogP contribution in [0.4, 0.5) is 5.69 Å². The maximum Gasteiger partial charge on any atom is 0.303 e. The average molecular weight is 277 g/mol. The third-order valence-corrected chi connectivity index (χ3v) is 3.68. The van der Waals surface area contributed by atoms with Crippen molar-refractivity contribution >= 4 is 34.2 Å². The van der Waals surface area contributed by atoms with Crippen LogP contribution in [-0.4, -0.2) is 29.1 Å². The second-order valence-electron chi connectivity index (χ2n) is 4.86. The van der Waals surface area contributed by atoms with Crippen LogP contribution in [0.1, 0.15) is 6.42 Å². The zero-order chi connectivity index (χ0) is 13.4. The van der Waals surface area contributed by atoms with Crippen LogP contribution < -0.4 is 4.90 Å². The molecule has 0 unspecified atom stereocenters. The van der Waals surface area contributed by atoms with Gasteiger partial charge in [0, 0.05) is 41.3 Å². The van der Waals surface area contributed by atoms with Crippen molar-refractivity contribution in [2.75, 3.05) is 18.0 Å². The highest BCUT2D eigenvalue weighted by Gasteiger charge is 2.29. The summed E-state index contributed by atoms with van der Waals surface area (Å²) < 4.78 is 0. The first-order valence-corrected chi connectivity index (χ1v) is 6.52. The molecule has 1 aliphatic heterocycles. The van der Waals surface area contributed by atoms with Crippen LogP contribution in [0, 0.1) is 5.92 Å². The molecule has 0 spiro atoms. The molecule has 2 heterocycles. The van der Waals surface area contributed by atoms with Gasteiger partial charge in [0.1, 0.15) is 0 Å². The van der Waals surface area contributed by atoms with Gasteiger partial charge in [-0.15, -0.1) is 0 Å². The number of hydrogen-bond acceptors (Lipinski definition) is 3. The first kappa shape index (κ1) is 12.2. The molecule has 1 aromatic heterocycles. The molecular formula is C14H13ClN2O2. The number of hydrogen-bond donors (Lipinski definition) is 1. The van der Waals surface area contributed by atoms with Gasteiger partial charge >= 0.3 is 5.97 Å². The Morgan fingerprint density at radius 1 is 1.42 bits per heavy atom. The van der Waals surface area contributed by atoms with Gasteiger partial charge in [0.25, 0.3) is 0 Å². The van der Waals surface area contributed by atoms with Crippen molar-refractivity contribution in [3.05, 3.63) is 35.5 Å². The van der Waals surface area contributed by atoms with E-state index in [1.54, 1.807) is 6.20 Å². The lowest BCUT2D eigenvalue weighted by Gasteiger charge is -2.40. The van der Waals surface area contributed by atoms with Gasteiger partial charge in [0.05, 0.1) is 11.9 Å². The van der Waals surface area contributed by atoms with Crippen LogP contribution in [0.2, 0.25) is 5.02 Å². The molecule has 3 rings (SSSR count). The summed E-state index contributed by atoms with van der Waals surface area (Å²) >= 11 is 5.96. The Balaban J connectivity index is 1.85. The van der Waals surface area contributed by atoms with E-state index in [0.717, 1.165) is 29.7 Å². The molecule has 19 heavy (non-hydrogen) atoms. The molecule has 5 heteroatoms. The SMILES string of the molecule is O=C(O)CC1CN(c2ccnc3cc(Cl)ccc23)C1. The first-order chi connectivity index (χ1) is 9.13. The van der Waals surface area contributed by atoms with E-state index in [1.807, 2.05) is 24.3 Å². The average Bonchev–Trinajstić information content (AvgIpc) is 2.32. The highest BCUT2D eigenvalue weighted by atomic mass is 35.5. The number of aromatic nitrogens is 1. The molecule has 1 N–H and O–H groups in total. The van der Waals surface area contributed by atoms with Crippen molar-refractivity contribution in [2.24, 2.45) is 5.92 Å². The molecule has 1 aromatic carbocycles. The van der Waals surface area contributed by atoms with E-state index in [0.29, 0.717) is 5.02 Å². The van der Waals surface area contributed by atoms with Gasteiger partial charge in [0.2, 0.25) is 0 Å². The summed E-state index contributed by atoms with van der Waals surface area (Å²) in [7, 11) is 0. The fraction of sp³-hybridized carbons (Fsp3) is 0.286. The zero-order valence-corrected chi connectivity index (χ0v) is 11.0. The van der Waals surface area contributed by atoms with Crippen LogP contribution in [0.5, 0.6) is 0 Å². The number of rotatable bonds is 3. The van der Waals surface area contributed by atoms with Gasteiger partial charge in [-0.2, -0.15) is 0 Å². The second kappa shape index (κ2) is 4.70. The van der Waals surface area contributed by atoms with E-state index >= 15 is 0 Å². The lowest BCUT2D eigenvalue weighted by atomic mass is 9.95. The smallest absolute Gasteiger partial charge is 0.303 e. The maximum atomic E-state index is 10.7. The van der Waals surface area contributed by atoms with Gasteiger partial charge in [0.15, 0.2) is 0 Å². The number of halogens is 1. The molecule has 0 amide bonds. The Hall–Kier alpha value is -1.81. The Morgan fingerprint density at radius 3 is 2.95 bits per heavy atom. The molecule has 0 radical (unpaired) electrons. The number of nitrogens with zero attached hydrogens (tertiary/aromatic N) is 2. The number of aliphatic carboxylic acids is 1. The van der Waals surface area contributed by atoms with Crippen LogP contribution in [0.3, 0.4) is 0 Å². The molecule has 1 aliphatic rings. The topological polar surface area (TPSA) is 53.4 Å². The van der Waals surface area contributed by atoms with Crippen molar-refractivity contribution in [3.8, 4) is 0 Å². The van der Waals surface area contributed by atoms with E-state index in [-0.39, 0.29) is 12.3 Å². The summed E-state index contributed by atoms with van der Waals surface area (Å²) in [5.74, 6) is -0.482. The Labute approximate surface area is 115 Å². The number of anilines is 1. The van der Waals surface area contributed by atoms with Gasteiger partial charge in [-0.3, -0.25) is 9.78 Å². The van der Waals surface area contributed by atoms with E-state index < -0.39 is 5.97 Å². The molecule has 2 aromatic rings. The fourth-order valence-corrected chi connectivity index (χ4v) is 2.69. The Kier molecular flexibility index (Phi) is 3.03. The lowest BCUT2D eigenvalue weighted by Crippen LogP contribution is -2.47. The Bertz CT molecular complexity index is 638. The standard InChI is InChI=1S/C14H13ClN2O2/c15-10-1-2-11-12(6-10)16-4-3-13(11)17-7-9(8-17)5-14(18)19/h1-4,6,9H,5,7-8H2,(H,18,19).